The SMILES string of the molecule is CC(C)(C)c1ccc(OCC(O)CN2CCC(N3CCCC3)C2)cc1. The van der Waals surface area contributed by atoms with Crippen LogP contribution in [0.1, 0.15) is 45.6 Å². The van der Waals surface area contributed by atoms with Crippen LogP contribution in [0.5, 0.6) is 5.75 Å². The fraction of sp³-hybridized carbons (Fsp3) is 0.714. The first kappa shape index (κ1) is 18.7. The first-order valence-corrected chi connectivity index (χ1v) is 9.79. The van der Waals surface area contributed by atoms with Gasteiger partial charge in [0.15, 0.2) is 0 Å². The van der Waals surface area contributed by atoms with Gasteiger partial charge in [-0.15, -0.1) is 0 Å². The van der Waals surface area contributed by atoms with Gasteiger partial charge in [-0.2, -0.15) is 0 Å². The zero-order chi connectivity index (χ0) is 17.9. The molecule has 2 atom stereocenters. The third kappa shape index (κ3) is 5.19. The molecule has 0 saturated carbocycles. The van der Waals surface area contributed by atoms with Gasteiger partial charge in [-0.05, 0) is 62.0 Å². The van der Waals surface area contributed by atoms with Crippen molar-refractivity contribution >= 4 is 0 Å². The molecule has 1 aromatic rings. The van der Waals surface area contributed by atoms with Crippen molar-refractivity contribution in [3.8, 4) is 5.75 Å². The lowest BCUT2D eigenvalue weighted by Crippen LogP contribution is -2.38. The molecule has 4 nitrogen and oxygen atoms in total. The minimum atomic E-state index is -0.431. The van der Waals surface area contributed by atoms with E-state index in [1.165, 1.54) is 37.9 Å². The van der Waals surface area contributed by atoms with Crippen LogP contribution in [-0.2, 0) is 5.41 Å². The lowest BCUT2D eigenvalue weighted by molar-refractivity contribution is 0.0733. The highest BCUT2D eigenvalue weighted by molar-refractivity contribution is 5.31. The van der Waals surface area contributed by atoms with Gasteiger partial charge in [-0.25, -0.2) is 0 Å². The van der Waals surface area contributed by atoms with Crippen LogP contribution in [0.2, 0.25) is 0 Å². The van der Waals surface area contributed by atoms with Gasteiger partial charge < -0.3 is 9.84 Å². The maximum absolute atomic E-state index is 10.3. The number of aliphatic hydroxyl groups is 1. The third-order valence-corrected chi connectivity index (χ3v) is 5.54. The van der Waals surface area contributed by atoms with Crippen molar-refractivity contribution in [3.63, 3.8) is 0 Å². The Kier molecular flexibility index (Phi) is 6.03. The summed E-state index contributed by atoms with van der Waals surface area (Å²) in [7, 11) is 0. The van der Waals surface area contributed by atoms with Crippen LogP contribution >= 0.6 is 0 Å². The summed E-state index contributed by atoms with van der Waals surface area (Å²) in [6.07, 6.45) is 3.50. The maximum atomic E-state index is 10.3. The second kappa shape index (κ2) is 8.07. The molecule has 2 aliphatic heterocycles. The largest absolute Gasteiger partial charge is 0.491 e. The molecule has 1 N–H and O–H groups in total. The first-order chi connectivity index (χ1) is 11.9. The molecule has 0 radical (unpaired) electrons. The molecular weight excluding hydrogens is 312 g/mol. The van der Waals surface area contributed by atoms with Gasteiger partial charge in [-0.3, -0.25) is 9.80 Å². The highest BCUT2D eigenvalue weighted by atomic mass is 16.5. The van der Waals surface area contributed by atoms with Crippen LogP contribution in [0.15, 0.2) is 24.3 Å². The summed E-state index contributed by atoms with van der Waals surface area (Å²) in [6, 6.07) is 8.94. The van der Waals surface area contributed by atoms with E-state index >= 15 is 0 Å². The van der Waals surface area contributed by atoms with E-state index in [0.29, 0.717) is 19.2 Å². The number of aliphatic hydroxyl groups excluding tert-OH is 1. The first-order valence-electron chi connectivity index (χ1n) is 9.79. The number of rotatable bonds is 6. The Bertz CT molecular complexity index is 532. The van der Waals surface area contributed by atoms with Gasteiger partial charge >= 0.3 is 0 Å². The van der Waals surface area contributed by atoms with Crippen LogP contribution in [0.25, 0.3) is 0 Å². The molecule has 0 amide bonds. The number of benzene rings is 1. The molecule has 4 heteroatoms. The van der Waals surface area contributed by atoms with Gasteiger partial charge in [0.1, 0.15) is 18.5 Å². The molecular formula is C21H34N2O2. The zero-order valence-electron chi connectivity index (χ0n) is 16.1. The molecule has 0 spiro atoms. The van der Waals surface area contributed by atoms with E-state index in [1.54, 1.807) is 0 Å². The average molecular weight is 347 g/mol. The number of nitrogens with zero attached hydrogens (tertiary/aromatic N) is 2. The Balaban J connectivity index is 1.40. The molecule has 2 aliphatic rings. The lowest BCUT2D eigenvalue weighted by Gasteiger charge is -2.24. The molecule has 0 aromatic heterocycles. The summed E-state index contributed by atoms with van der Waals surface area (Å²) < 4.78 is 5.79. The number of ether oxygens (including phenoxy) is 1. The van der Waals surface area contributed by atoms with E-state index in [0.717, 1.165) is 18.8 Å². The molecule has 25 heavy (non-hydrogen) atoms. The normalized spacial score (nSPS) is 23.9. The van der Waals surface area contributed by atoms with Crippen molar-refractivity contribution in [2.75, 3.05) is 39.3 Å². The Morgan fingerprint density at radius 3 is 2.44 bits per heavy atom. The Morgan fingerprint density at radius 2 is 1.80 bits per heavy atom. The van der Waals surface area contributed by atoms with E-state index in [1.807, 2.05) is 12.1 Å². The van der Waals surface area contributed by atoms with Gasteiger partial charge in [-0.1, -0.05) is 32.9 Å². The number of hydrogen-bond donors (Lipinski definition) is 1. The van der Waals surface area contributed by atoms with Crippen LogP contribution in [0.4, 0.5) is 0 Å². The third-order valence-electron chi connectivity index (χ3n) is 5.54. The summed E-state index contributed by atoms with van der Waals surface area (Å²) in [5.41, 5.74) is 1.45. The van der Waals surface area contributed by atoms with Gasteiger partial charge in [0.05, 0.1) is 0 Å². The Hall–Kier alpha value is -1.10. The fourth-order valence-electron chi connectivity index (χ4n) is 3.98. The zero-order valence-corrected chi connectivity index (χ0v) is 16.1. The molecule has 0 bridgehead atoms. The Labute approximate surface area is 152 Å². The fourth-order valence-corrected chi connectivity index (χ4v) is 3.98. The van der Waals surface area contributed by atoms with Crippen molar-refractivity contribution in [3.05, 3.63) is 29.8 Å². The summed E-state index contributed by atoms with van der Waals surface area (Å²) in [5, 5.41) is 10.3. The number of β-amino-alcohol motifs (C(OH)–C–C–N with tert-alkyl or cyclic N) is 1. The highest BCUT2D eigenvalue weighted by Gasteiger charge is 2.30. The molecule has 3 rings (SSSR count). The maximum Gasteiger partial charge on any atom is 0.119 e. The van der Waals surface area contributed by atoms with Crippen LogP contribution in [0.3, 0.4) is 0 Å². The Morgan fingerprint density at radius 1 is 1.12 bits per heavy atom. The van der Waals surface area contributed by atoms with E-state index < -0.39 is 6.10 Å². The molecule has 2 unspecified atom stereocenters. The van der Waals surface area contributed by atoms with E-state index in [9.17, 15) is 5.11 Å². The summed E-state index contributed by atoms with van der Waals surface area (Å²) in [4.78, 5) is 5.01. The standard InChI is InChI=1S/C21H34N2O2/c1-21(2,3)17-6-8-20(9-7-17)25-16-19(24)15-22-13-10-18(14-22)23-11-4-5-12-23/h6-9,18-19,24H,4-5,10-16H2,1-3H3. The van der Waals surface area contributed by atoms with Crippen LogP contribution < -0.4 is 4.74 Å². The minimum Gasteiger partial charge on any atom is -0.491 e. The lowest BCUT2D eigenvalue weighted by atomic mass is 9.87. The topological polar surface area (TPSA) is 35.9 Å². The van der Waals surface area contributed by atoms with Crippen molar-refractivity contribution < 1.29 is 9.84 Å². The quantitative estimate of drug-likeness (QED) is 0.859. The smallest absolute Gasteiger partial charge is 0.119 e. The molecule has 2 fully saturated rings. The molecule has 140 valence electrons. The molecule has 1 aromatic carbocycles. The predicted octanol–water partition coefficient (Wildman–Crippen LogP) is 2.89. The summed E-state index contributed by atoms with van der Waals surface area (Å²) in [5.74, 6) is 0.836. The molecule has 0 aliphatic carbocycles. The van der Waals surface area contributed by atoms with Crippen LogP contribution in [-0.4, -0.2) is 66.4 Å². The monoisotopic (exact) mass is 346 g/mol. The van der Waals surface area contributed by atoms with Crippen molar-refractivity contribution in [2.45, 2.75) is 57.6 Å². The van der Waals surface area contributed by atoms with Crippen molar-refractivity contribution in [1.29, 1.82) is 0 Å². The highest BCUT2D eigenvalue weighted by Crippen LogP contribution is 2.24. The summed E-state index contributed by atoms with van der Waals surface area (Å²) in [6.45, 7) is 12.4. The van der Waals surface area contributed by atoms with E-state index in [2.05, 4.69) is 42.7 Å². The second-order valence-electron chi connectivity index (χ2n) is 8.68. The number of hydrogen-bond acceptors (Lipinski definition) is 4. The predicted molar refractivity (Wildman–Crippen MR) is 102 cm³/mol. The second-order valence-corrected chi connectivity index (χ2v) is 8.68. The number of likely N-dealkylation sites (tertiary alicyclic amines) is 2. The average Bonchev–Trinajstić information content (AvgIpc) is 3.23. The van der Waals surface area contributed by atoms with E-state index in [-0.39, 0.29) is 5.41 Å². The van der Waals surface area contributed by atoms with Gasteiger partial charge in [0, 0.05) is 19.1 Å². The van der Waals surface area contributed by atoms with E-state index in [4.69, 9.17) is 4.74 Å². The molecule has 2 heterocycles. The van der Waals surface area contributed by atoms with Gasteiger partial charge in [0.2, 0.25) is 0 Å². The minimum absolute atomic E-state index is 0.152. The van der Waals surface area contributed by atoms with Crippen molar-refractivity contribution in [1.82, 2.24) is 9.80 Å². The van der Waals surface area contributed by atoms with Crippen LogP contribution in [0, 0.1) is 0 Å². The summed E-state index contributed by atoms with van der Waals surface area (Å²) >= 11 is 0. The molecule has 2 saturated heterocycles. The van der Waals surface area contributed by atoms with Crippen molar-refractivity contribution in [2.24, 2.45) is 0 Å². The van der Waals surface area contributed by atoms with Gasteiger partial charge in [0.25, 0.3) is 0 Å².